The Kier molecular flexibility index (Phi) is 8.95. The van der Waals surface area contributed by atoms with Crippen LogP contribution in [0.15, 0.2) is 41.7 Å². The van der Waals surface area contributed by atoms with Gasteiger partial charge in [0.2, 0.25) is 5.91 Å². The third-order valence-electron chi connectivity index (χ3n) is 6.21. The van der Waals surface area contributed by atoms with Crippen molar-refractivity contribution in [3.63, 3.8) is 0 Å². The van der Waals surface area contributed by atoms with Crippen LogP contribution < -0.4 is 5.32 Å². The average molecular weight is 550 g/mol. The van der Waals surface area contributed by atoms with E-state index in [2.05, 4.69) is 40.6 Å². The number of guanidine groups is 1. The predicted octanol–water partition coefficient (Wildman–Crippen LogP) is 3.19. The molecule has 4 rings (SSSR count). The molecule has 2 aliphatic rings. The quantitative estimate of drug-likeness (QED) is 0.249. The summed E-state index contributed by atoms with van der Waals surface area (Å²) in [5.41, 5.74) is 3.86. The first-order chi connectivity index (χ1) is 15.1. The molecule has 3 heterocycles. The number of hydrogen-bond donors (Lipinski definition) is 1. The highest BCUT2D eigenvalue weighted by Crippen LogP contribution is 2.23. The number of amides is 1. The van der Waals surface area contributed by atoms with Crippen molar-refractivity contribution < 1.29 is 4.79 Å². The van der Waals surface area contributed by atoms with E-state index in [-0.39, 0.29) is 29.9 Å². The van der Waals surface area contributed by atoms with Crippen LogP contribution in [0.25, 0.3) is 0 Å². The van der Waals surface area contributed by atoms with Gasteiger partial charge in [-0.3, -0.25) is 14.5 Å². The van der Waals surface area contributed by atoms with Crippen LogP contribution in [0.1, 0.15) is 42.9 Å². The van der Waals surface area contributed by atoms with Gasteiger partial charge in [-0.05, 0) is 48.8 Å². The van der Waals surface area contributed by atoms with Gasteiger partial charge in [0.25, 0.3) is 0 Å². The Hall–Kier alpha value is -2.10. The molecule has 0 aliphatic carbocycles. The van der Waals surface area contributed by atoms with Crippen LogP contribution in [-0.2, 0) is 31.4 Å². The first kappa shape index (κ1) is 24.5. The average Bonchev–Trinajstić information content (AvgIpc) is 3.50. The summed E-state index contributed by atoms with van der Waals surface area (Å²) in [5.74, 6) is 1.85. The van der Waals surface area contributed by atoms with Gasteiger partial charge < -0.3 is 15.1 Å². The van der Waals surface area contributed by atoms with Gasteiger partial charge in [-0.15, -0.1) is 24.0 Å². The van der Waals surface area contributed by atoms with Crippen LogP contribution >= 0.6 is 24.0 Å². The zero-order chi connectivity index (χ0) is 21.6. The van der Waals surface area contributed by atoms with E-state index < -0.39 is 0 Å². The number of nitrogens with one attached hydrogen (secondary N) is 1. The highest BCUT2D eigenvalue weighted by Gasteiger charge is 2.25. The zero-order valence-corrected chi connectivity index (χ0v) is 21.5. The van der Waals surface area contributed by atoms with Gasteiger partial charge >= 0.3 is 0 Å². The summed E-state index contributed by atoms with van der Waals surface area (Å²) in [6.07, 6.45) is 7.66. The third kappa shape index (κ3) is 6.24. The highest BCUT2D eigenvalue weighted by atomic mass is 127. The van der Waals surface area contributed by atoms with Crippen LogP contribution in [0, 0.1) is 5.92 Å². The number of likely N-dealkylation sites (tertiary alicyclic amines) is 1. The minimum absolute atomic E-state index is 0. The van der Waals surface area contributed by atoms with E-state index in [1.165, 1.54) is 23.1 Å². The van der Waals surface area contributed by atoms with Crippen LogP contribution in [0.4, 0.5) is 0 Å². The lowest BCUT2D eigenvalue weighted by molar-refractivity contribution is -0.131. The summed E-state index contributed by atoms with van der Waals surface area (Å²) in [5, 5.41) is 7.71. The van der Waals surface area contributed by atoms with Gasteiger partial charge in [-0.25, -0.2) is 0 Å². The van der Waals surface area contributed by atoms with Gasteiger partial charge in [0.05, 0.1) is 6.20 Å². The molecule has 1 fully saturated rings. The van der Waals surface area contributed by atoms with E-state index in [1.54, 1.807) is 0 Å². The highest BCUT2D eigenvalue weighted by molar-refractivity contribution is 14.0. The van der Waals surface area contributed by atoms with Crippen molar-refractivity contribution in [3.05, 3.63) is 53.3 Å². The van der Waals surface area contributed by atoms with E-state index in [0.29, 0.717) is 18.9 Å². The topological polar surface area (TPSA) is 65.8 Å². The minimum Gasteiger partial charge on any atom is -0.357 e. The molecule has 1 N–H and O–H groups in total. The molecule has 7 nitrogen and oxygen atoms in total. The number of fused-ring (bicyclic) bond motifs is 1. The molecule has 1 aromatic heterocycles. The number of benzene rings is 1. The van der Waals surface area contributed by atoms with Crippen molar-refractivity contribution in [1.29, 1.82) is 0 Å². The first-order valence-corrected chi connectivity index (χ1v) is 11.5. The minimum atomic E-state index is 0. The molecule has 1 atom stereocenters. The fraction of sp³-hybridized carbons (Fsp3) is 0.542. The van der Waals surface area contributed by atoms with E-state index in [0.717, 1.165) is 51.5 Å². The maximum absolute atomic E-state index is 12.6. The number of halogens is 1. The maximum Gasteiger partial charge on any atom is 0.223 e. The molecule has 2 aromatic rings. The number of rotatable bonds is 7. The van der Waals surface area contributed by atoms with Crippen molar-refractivity contribution in [2.45, 2.75) is 45.7 Å². The molecule has 0 radical (unpaired) electrons. The lowest BCUT2D eigenvalue weighted by atomic mass is 10.0. The number of nitrogens with zero attached hydrogens (tertiary/aromatic N) is 5. The number of aromatic nitrogens is 2. The summed E-state index contributed by atoms with van der Waals surface area (Å²) in [6, 6.07) is 8.33. The van der Waals surface area contributed by atoms with E-state index in [9.17, 15) is 4.79 Å². The molecule has 0 spiro atoms. The van der Waals surface area contributed by atoms with E-state index >= 15 is 0 Å². The van der Waals surface area contributed by atoms with Gasteiger partial charge in [0, 0.05) is 58.9 Å². The molecule has 1 unspecified atom stereocenters. The Morgan fingerprint density at radius 1 is 1.22 bits per heavy atom. The maximum atomic E-state index is 12.6. The summed E-state index contributed by atoms with van der Waals surface area (Å²) in [6.45, 7) is 7.17. The van der Waals surface area contributed by atoms with Crippen molar-refractivity contribution in [1.82, 2.24) is 24.9 Å². The zero-order valence-electron chi connectivity index (χ0n) is 19.2. The molecule has 8 heteroatoms. The second-order valence-electron chi connectivity index (χ2n) is 8.68. The van der Waals surface area contributed by atoms with Crippen LogP contribution in [-0.4, -0.2) is 57.6 Å². The van der Waals surface area contributed by atoms with Crippen molar-refractivity contribution in [2.75, 3.05) is 26.2 Å². The summed E-state index contributed by atoms with van der Waals surface area (Å²) in [7, 11) is 1.97. The number of hydrogen-bond acceptors (Lipinski definition) is 3. The first-order valence-electron chi connectivity index (χ1n) is 11.5. The van der Waals surface area contributed by atoms with E-state index in [1.807, 2.05) is 35.0 Å². The largest absolute Gasteiger partial charge is 0.357 e. The smallest absolute Gasteiger partial charge is 0.223 e. The molecule has 32 heavy (non-hydrogen) atoms. The van der Waals surface area contributed by atoms with Crippen LogP contribution in [0.2, 0.25) is 0 Å². The molecular formula is C24H35IN6O. The molecule has 0 saturated carbocycles. The Morgan fingerprint density at radius 3 is 2.62 bits per heavy atom. The van der Waals surface area contributed by atoms with Crippen molar-refractivity contribution >= 4 is 35.8 Å². The lowest BCUT2D eigenvalue weighted by Gasteiger charge is -2.21. The van der Waals surface area contributed by atoms with Gasteiger partial charge in [0.1, 0.15) is 0 Å². The summed E-state index contributed by atoms with van der Waals surface area (Å²) in [4.78, 5) is 21.8. The second-order valence-corrected chi connectivity index (χ2v) is 8.68. The number of carbonyl (C=O) groups is 1. The Bertz CT molecular complexity index is 902. The SMILES string of the molecule is CCNC(=NCCCC(=O)N1Cc2ccccc2C1)N1CCC(Cc2cnn(C)c2)C1.I. The molecule has 2 aliphatic heterocycles. The van der Waals surface area contributed by atoms with Crippen molar-refractivity contribution in [3.8, 4) is 0 Å². The Labute approximate surface area is 208 Å². The lowest BCUT2D eigenvalue weighted by Crippen LogP contribution is -2.40. The normalized spacial score (nSPS) is 17.9. The standard InChI is InChI=1S/C24H34N6O.HI/c1-3-25-24(29-12-10-19(16-29)13-20-14-27-28(2)15-20)26-11-6-9-23(31)30-17-21-7-4-5-8-22(21)18-30;/h4-5,7-8,14-15,19H,3,6,9-13,16-18H2,1-2H3,(H,25,26);1H. The van der Waals surface area contributed by atoms with E-state index in [4.69, 9.17) is 4.99 Å². The molecule has 1 amide bonds. The number of carbonyl (C=O) groups excluding carboxylic acids is 1. The van der Waals surface area contributed by atoms with Crippen LogP contribution in [0.5, 0.6) is 0 Å². The summed E-state index contributed by atoms with van der Waals surface area (Å²) < 4.78 is 1.87. The van der Waals surface area contributed by atoms with Crippen molar-refractivity contribution in [2.24, 2.45) is 18.0 Å². The Balaban J connectivity index is 0.00000289. The van der Waals surface area contributed by atoms with Gasteiger partial charge in [-0.2, -0.15) is 5.10 Å². The summed E-state index contributed by atoms with van der Waals surface area (Å²) >= 11 is 0. The monoisotopic (exact) mass is 550 g/mol. The van der Waals surface area contributed by atoms with Crippen LogP contribution in [0.3, 0.4) is 0 Å². The molecule has 174 valence electrons. The number of aryl methyl sites for hydroxylation is 1. The fourth-order valence-corrected chi connectivity index (χ4v) is 4.61. The second kappa shape index (κ2) is 11.7. The molecular weight excluding hydrogens is 515 g/mol. The van der Waals surface area contributed by atoms with Gasteiger partial charge in [0.15, 0.2) is 5.96 Å². The predicted molar refractivity (Wildman–Crippen MR) is 138 cm³/mol. The Morgan fingerprint density at radius 2 is 1.97 bits per heavy atom. The molecule has 0 bridgehead atoms. The van der Waals surface area contributed by atoms with Gasteiger partial charge in [-0.1, -0.05) is 24.3 Å². The number of aliphatic imine (C=N–C) groups is 1. The molecule has 1 saturated heterocycles. The molecule has 1 aromatic carbocycles. The third-order valence-corrected chi connectivity index (χ3v) is 6.21. The fourth-order valence-electron chi connectivity index (χ4n) is 4.61.